The Balaban J connectivity index is 1.63. The second-order valence-corrected chi connectivity index (χ2v) is 9.15. The molecular formula is C25H27N3O4S. The molecule has 1 unspecified atom stereocenters. The Kier molecular flexibility index (Phi) is 7.24. The molecule has 2 aromatic heterocycles. The highest BCUT2D eigenvalue weighted by atomic mass is 32.1. The molecule has 172 valence electrons. The molecule has 0 aliphatic heterocycles. The minimum absolute atomic E-state index is 0.119. The fourth-order valence-electron chi connectivity index (χ4n) is 4.12. The average molecular weight is 466 g/mol. The summed E-state index contributed by atoms with van der Waals surface area (Å²) in [5.41, 5.74) is 1.57. The van der Waals surface area contributed by atoms with Gasteiger partial charge >= 0.3 is 0 Å². The smallest absolute Gasteiger partial charge is 0.287 e. The molecule has 33 heavy (non-hydrogen) atoms. The quantitative estimate of drug-likeness (QED) is 0.521. The molecule has 2 N–H and O–H groups in total. The number of carbonyl (C=O) groups is 3. The highest BCUT2D eigenvalue weighted by molar-refractivity contribution is 7.10. The van der Waals surface area contributed by atoms with Crippen LogP contribution < -0.4 is 15.5 Å². The molecule has 1 aromatic carbocycles. The van der Waals surface area contributed by atoms with Crippen LogP contribution in [0.15, 0.2) is 64.6 Å². The molecule has 0 saturated heterocycles. The van der Waals surface area contributed by atoms with Gasteiger partial charge in [0, 0.05) is 16.6 Å². The largest absolute Gasteiger partial charge is 0.459 e. The van der Waals surface area contributed by atoms with Crippen molar-refractivity contribution >= 4 is 34.7 Å². The maximum atomic E-state index is 13.5. The summed E-state index contributed by atoms with van der Waals surface area (Å²) in [6, 6.07) is 13.6. The second kappa shape index (κ2) is 10.5. The fraction of sp³-hybridized carbons (Fsp3) is 0.320. The van der Waals surface area contributed by atoms with Crippen molar-refractivity contribution in [2.45, 2.75) is 44.7 Å². The van der Waals surface area contributed by atoms with Gasteiger partial charge in [0.15, 0.2) is 5.76 Å². The number of hydrogen-bond donors (Lipinski definition) is 2. The van der Waals surface area contributed by atoms with Gasteiger partial charge in [0.1, 0.15) is 6.04 Å². The first-order valence-electron chi connectivity index (χ1n) is 11.1. The van der Waals surface area contributed by atoms with Crippen LogP contribution in [0, 0.1) is 6.92 Å². The standard InChI is InChI=1S/C25H27N3O4S/c1-17-7-4-10-19(15-17)28(22(29)16-26-24(30)20-11-5-13-32-20)23(21-12-6-14-33-21)25(31)27-18-8-2-3-9-18/h4-7,10-15,18,23H,2-3,8-9,16H2,1H3,(H,26,30)(H,27,31). The van der Waals surface area contributed by atoms with Crippen LogP contribution in [0.5, 0.6) is 0 Å². The summed E-state index contributed by atoms with van der Waals surface area (Å²) >= 11 is 1.43. The van der Waals surface area contributed by atoms with Gasteiger partial charge in [0.25, 0.3) is 5.91 Å². The van der Waals surface area contributed by atoms with E-state index in [0.717, 1.165) is 36.1 Å². The zero-order valence-corrected chi connectivity index (χ0v) is 19.3. The number of nitrogens with zero attached hydrogens (tertiary/aromatic N) is 1. The summed E-state index contributed by atoms with van der Waals surface area (Å²) in [6.07, 6.45) is 5.47. The lowest BCUT2D eigenvalue weighted by Crippen LogP contribution is -2.49. The van der Waals surface area contributed by atoms with Gasteiger partial charge in [-0.25, -0.2) is 0 Å². The Hall–Kier alpha value is -3.39. The molecule has 0 radical (unpaired) electrons. The van der Waals surface area contributed by atoms with Crippen LogP contribution >= 0.6 is 11.3 Å². The third-order valence-corrected chi connectivity index (χ3v) is 6.64. The highest BCUT2D eigenvalue weighted by Crippen LogP contribution is 2.32. The van der Waals surface area contributed by atoms with Crippen LogP contribution in [0.25, 0.3) is 0 Å². The van der Waals surface area contributed by atoms with Crippen molar-refractivity contribution < 1.29 is 18.8 Å². The summed E-state index contributed by atoms with van der Waals surface area (Å²) in [4.78, 5) is 41.6. The number of benzene rings is 1. The summed E-state index contributed by atoms with van der Waals surface area (Å²) in [6.45, 7) is 1.66. The van der Waals surface area contributed by atoms with Crippen LogP contribution in [0.1, 0.15) is 52.7 Å². The predicted octanol–water partition coefficient (Wildman–Crippen LogP) is 4.21. The molecule has 1 aliphatic rings. The topological polar surface area (TPSA) is 91.7 Å². The van der Waals surface area contributed by atoms with E-state index in [4.69, 9.17) is 4.42 Å². The Morgan fingerprint density at radius 2 is 1.94 bits per heavy atom. The van der Waals surface area contributed by atoms with Crippen LogP contribution in [-0.4, -0.2) is 30.3 Å². The minimum atomic E-state index is -0.833. The van der Waals surface area contributed by atoms with E-state index in [2.05, 4.69) is 10.6 Å². The molecule has 2 heterocycles. The predicted molar refractivity (Wildman–Crippen MR) is 127 cm³/mol. The summed E-state index contributed by atoms with van der Waals surface area (Å²) < 4.78 is 5.11. The van der Waals surface area contributed by atoms with Gasteiger partial charge in [-0.05, 0) is 61.0 Å². The lowest BCUT2D eigenvalue weighted by atomic mass is 10.1. The molecule has 1 fully saturated rings. The van der Waals surface area contributed by atoms with Gasteiger partial charge in [0.05, 0.1) is 12.8 Å². The van der Waals surface area contributed by atoms with Crippen molar-refractivity contribution in [2.24, 2.45) is 0 Å². The zero-order chi connectivity index (χ0) is 23.2. The summed E-state index contributed by atoms with van der Waals surface area (Å²) in [5.74, 6) is -0.962. The first kappa shape index (κ1) is 22.8. The highest BCUT2D eigenvalue weighted by Gasteiger charge is 2.35. The van der Waals surface area contributed by atoms with Crippen molar-refractivity contribution in [3.8, 4) is 0 Å². The molecule has 3 amide bonds. The van der Waals surface area contributed by atoms with Crippen LogP contribution in [0.3, 0.4) is 0 Å². The molecule has 0 bridgehead atoms. The number of carbonyl (C=O) groups excluding carboxylic acids is 3. The Labute approximate surface area is 196 Å². The molecule has 3 aromatic rings. The number of thiophene rings is 1. The van der Waals surface area contributed by atoms with Crippen molar-refractivity contribution in [1.29, 1.82) is 0 Å². The molecule has 8 heteroatoms. The first-order valence-corrected chi connectivity index (χ1v) is 11.9. The number of nitrogens with one attached hydrogen (secondary N) is 2. The average Bonchev–Trinajstić information content (AvgIpc) is 3.58. The van der Waals surface area contributed by atoms with Crippen molar-refractivity contribution in [3.63, 3.8) is 0 Å². The number of amides is 3. The van der Waals surface area contributed by atoms with E-state index in [1.165, 1.54) is 28.6 Å². The van der Waals surface area contributed by atoms with E-state index in [1.807, 2.05) is 48.7 Å². The maximum Gasteiger partial charge on any atom is 0.287 e. The lowest BCUT2D eigenvalue weighted by molar-refractivity contribution is -0.126. The van der Waals surface area contributed by atoms with Crippen LogP contribution in [-0.2, 0) is 9.59 Å². The van der Waals surface area contributed by atoms with E-state index < -0.39 is 11.9 Å². The lowest BCUT2D eigenvalue weighted by Gasteiger charge is -2.31. The zero-order valence-electron chi connectivity index (χ0n) is 18.5. The van der Waals surface area contributed by atoms with Crippen molar-refractivity contribution in [3.05, 3.63) is 76.4 Å². The van der Waals surface area contributed by atoms with Gasteiger partial charge in [-0.2, -0.15) is 0 Å². The number of furan rings is 1. The Morgan fingerprint density at radius 3 is 2.61 bits per heavy atom. The van der Waals surface area contributed by atoms with Crippen molar-refractivity contribution in [1.82, 2.24) is 10.6 Å². The monoisotopic (exact) mass is 465 g/mol. The third kappa shape index (κ3) is 5.51. The summed E-state index contributed by atoms with van der Waals surface area (Å²) in [5, 5.41) is 7.65. The third-order valence-electron chi connectivity index (χ3n) is 5.71. The van der Waals surface area contributed by atoms with Gasteiger partial charge in [-0.3, -0.25) is 19.3 Å². The molecule has 0 spiro atoms. The van der Waals surface area contributed by atoms with E-state index in [9.17, 15) is 14.4 Å². The first-order chi connectivity index (χ1) is 16.0. The van der Waals surface area contributed by atoms with E-state index in [0.29, 0.717) is 5.69 Å². The van der Waals surface area contributed by atoms with E-state index in [1.54, 1.807) is 6.07 Å². The number of hydrogen-bond acceptors (Lipinski definition) is 5. The molecule has 1 aliphatic carbocycles. The number of aryl methyl sites for hydroxylation is 1. The number of anilines is 1. The van der Waals surface area contributed by atoms with E-state index in [-0.39, 0.29) is 30.2 Å². The van der Waals surface area contributed by atoms with Gasteiger partial charge in [0.2, 0.25) is 11.8 Å². The van der Waals surface area contributed by atoms with E-state index >= 15 is 0 Å². The van der Waals surface area contributed by atoms with Crippen molar-refractivity contribution in [2.75, 3.05) is 11.4 Å². The molecule has 1 saturated carbocycles. The van der Waals surface area contributed by atoms with Gasteiger partial charge < -0.3 is 15.1 Å². The van der Waals surface area contributed by atoms with Crippen LogP contribution in [0.2, 0.25) is 0 Å². The normalized spacial score (nSPS) is 14.6. The number of rotatable bonds is 8. The molecule has 1 atom stereocenters. The van der Waals surface area contributed by atoms with Gasteiger partial charge in [-0.15, -0.1) is 11.3 Å². The Morgan fingerprint density at radius 1 is 1.12 bits per heavy atom. The molecular weight excluding hydrogens is 438 g/mol. The van der Waals surface area contributed by atoms with Gasteiger partial charge in [-0.1, -0.05) is 31.0 Å². The SMILES string of the molecule is Cc1cccc(N(C(=O)CNC(=O)c2ccco2)C(C(=O)NC2CCCC2)c2cccs2)c1. The summed E-state index contributed by atoms with van der Waals surface area (Å²) in [7, 11) is 0. The molecule has 7 nitrogen and oxygen atoms in total. The maximum absolute atomic E-state index is 13.5. The van der Waals surface area contributed by atoms with Crippen LogP contribution in [0.4, 0.5) is 5.69 Å². The fourth-order valence-corrected chi connectivity index (χ4v) is 4.93. The second-order valence-electron chi connectivity index (χ2n) is 8.17. The molecule has 4 rings (SSSR count). The Bertz CT molecular complexity index is 1090. The minimum Gasteiger partial charge on any atom is -0.459 e.